The molecule has 2 rings (SSSR count). The first-order valence-electron chi connectivity index (χ1n) is 5.85. The van der Waals surface area contributed by atoms with Crippen molar-refractivity contribution >= 4 is 11.9 Å². The van der Waals surface area contributed by atoms with Gasteiger partial charge in [-0.1, -0.05) is 0 Å². The molecule has 1 unspecified atom stereocenters. The van der Waals surface area contributed by atoms with Crippen molar-refractivity contribution in [2.45, 2.75) is 43.8 Å². The standard InChI is InChI=1S/C11H14F3NO3/c12-11(13,14)9(18)15-6-7(4-8(16)17)5-10(15)2-1-3-10/h7H,1-6H2,(H,16,17). The molecule has 2 fully saturated rings. The summed E-state index contributed by atoms with van der Waals surface area (Å²) in [6.07, 6.45) is -2.79. The van der Waals surface area contributed by atoms with Crippen LogP contribution in [0.1, 0.15) is 32.1 Å². The van der Waals surface area contributed by atoms with Crippen molar-refractivity contribution in [3.05, 3.63) is 0 Å². The molecule has 102 valence electrons. The van der Waals surface area contributed by atoms with Gasteiger partial charge in [-0.3, -0.25) is 9.59 Å². The molecule has 0 bridgehead atoms. The van der Waals surface area contributed by atoms with Gasteiger partial charge < -0.3 is 10.0 Å². The number of rotatable bonds is 2. The molecule has 2 aliphatic rings. The van der Waals surface area contributed by atoms with Crippen LogP contribution in [-0.2, 0) is 9.59 Å². The minimum Gasteiger partial charge on any atom is -0.481 e. The Hall–Kier alpha value is -1.27. The first-order chi connectivity index (χ1) is 8.24. The van der Waals surface area contributed by atoms with Crippen molar-refractivity contribution < 1.29 is 27.9 Å². The Labute approximate surface area is 102 Å². The molecule has 0 aromatic heterocycles. The molecule has 0 aromatic rings. The second-order valence-corrected chi connectivity index (χ2v) is 5.16. The van der Waals surface area contributed by atoms with Crippen LogP contribution in [-0.4, -0.2) is 40.1 Å². The van der Waals surface area contributed by atoms with E-state index in [0.717, 1.165) is 11.3 Å². The van der Waals surface area contributed by atoms with Crippen molar-refractivity contribution in [3.63, 3.8) is 0 Å². The number of halogens is 3. The zero-order valence-corrected chi connectivity index (χ0v) is 9.66. The van der Waals surface area contributed by atoms with Gasteiger partial charge in [-0.25, -0.2) is 0 Å². The minimum atomic E-state index is -4.87. The lowest BCUT2D eigenvalue weighted by Gasteiger charge is -2.45. The molecule has 1 heterocycles. The number of likely N-dealkylation sites (tertiary alicyclic amines) is 1. The first-order valence-corrected chi connectivity index (χ1v) is 5.85. The molecule has 1 aliphatic heterocycles. The van der Waals surface area contributed by atoms with E-state index < -0.39 is 23.6 Å². The van der Waals surface area contributed by atoms with Gasteiger partial charge in [0.25, 0.3) is 0 Å². The number of carbonyl (C=O) groups excluding carboxylic acids is 1. The Balaban J connectivity index is 2.13. The summed E-state index contributed by atoms with van der Waals surface area (Å²) in [5.41, 5.74) is -0.729. The van der Waals surface area contributed by atoms with Crippen LogP contribution in [0.4, 0.5) is 13.2 Å². The molecule has 1 N–H and O–H groups in total. The topological polar surface area (TPSA) is 57.6 Å². The molecule has 0 radical (unpaired) electrons. The van der Waals surface area contributed by atoms with E-state index in [1.54, 1.807) is 0 Å². The number of carboxylic acids is 1. The van der Waals surface area contributed by atoms with Crippen LogP contribution in [0.15, 0.2) is 0 Å². The molecule has 1 atom stereocenters. The van der Waals surface area contributed by atoms with E-state index in [0.29, 0.717) is 19.3 Å². The summed E-state index contributed by atoms with van der Waals surface area (Å²) in [6, 6.07) is 0. The molecule has 18 heavy (non-hydrogen) atoms. The van der Waals surface area contributed by atoms with Crippen LogP contribution < -0.4 is 0 Å². The average molecular weight is 265 g/mol. The molecule has 7 heteroatoms. The molecular formula is C11H14F3NO3. The second-order valence-electron chi connectivity index (χ2n) is 5.16. The minimum absolute atomic E-state index is 0.0926. The van der Waals surface area contributed by atoms with E-state index >= 15 is 0 Å². The highest BCUT2D eigenvalue weighted by molar-refractivity contribution is 5.83. The van der Waals surface area contributed by atoms with Crippen molar-refractivity contribution in [2.75, 3.05) is 6.54 Å². The van der Waals surface area contributed by atoms with Crippen molar-refractivity contribution in [3.8, 4) is 0 Å². The fourth-order valence-electron chi connectivity index (χ4n) is 3.06. The van der Waals surface area contributed by atoms with Crippen LogP contribution >= 0.6 is 0 Å². The number of alkyl halides is 3. The summed E-state index contributed by atoms with van der Waals surface area (Å²) in [5.74, 6) is -3.22. The third kappa shape index (κ3) is 2.18. The van der Waals surface area contributed by atoms with Gasteiger partial charge in [0.2, 0.25) is 0 Å². The fraction of sp³-hybridized carbons (Fsp3) is 0.818. The number of aliphatic carboxylic acids is 1. The number of carboxylic acid groups (broad SMARTS) is 1. The fourth-order valence-corrected chi connectivity index (χ4v) is 3.06. The van der Waals surface area contributed by atoms with Gasteiger partial charge in [0.15, 0.2) is 0 Å². The van der Waals surface area contributed by atoms with E-state index in [2.05, 4.69) is 0 Å². The number of hydrogen-bond acceptors (Lipinski definition) is 2. The number of hydrogen-bond donors (Lipinski definition) is 1. The van der Waals surface area contributed by atoms with Gasteiger partial charge in [0.1, 0.15) is 0 Å². The Bertz CT molecular complexity index is 376. The molecule has 1 saturated carbocycles. The summed E-state index contributed by atoms with van der Waals surface area (Å²) in [6.45, 7) is -0.0926. The van der Waals surface area contributed by atoms with Crippen LogP contribution in [0.5, 0.6) is 0 Å². The Kier molecular flexibility index (Phi) is 3.03. The smallest absolute Gasteiger partial charge is 0.471 e. The molecule has 1 amide bonds. The molecule has 0 aromatic carbocycles. The Morgan fingerprint density at radius 3 is 2.33 bits per heavy atom. The molecular weight excluding hydrogens is 251 g/mol. The average Bonchev–Trinajstić information content (AvgIpc) is 2.53. The van der Waals surface area contributed by atoms with Gasteiger partial charge in [-0.05, 0) is 31.6 Å². The summed E-state index contributed by atoms with van der Waals surface area (Å²) in [7, 11) is 0. The highest BCUT2D eigenvalue weighted by Gasteiger charge is 2.56. The largest absolute Gasteiger partial charge is 0.481 e. The first kappa shape index (κ1) is 13.2. The van der Waals surface area contributed by atoms with Crippen molar-refractivity contribution in [1.82, 2.24) is 4.90 Å². The maximum Gasteiger partial charge on any atom is 0.471 e. The zero-order valence-electron chi connectivity index (χ0n) is 9.66. The van der Waals surface area contributed by atoms with Crippen LogP contribution in [0.25, 0.3) is 0 Å². The maximum absolute atomic E-state index is 12.5. The molecule has 4 nitrogen and oxygen atoms in total. The highest BCUT2D eigenvalue weighted by atomic mass is 19.4. The van der Waals surface area contributed by atoms with Crippen LogP contribution in [0.2, 0.25) is 0 Å². The van der Waals surface area contributed by atoms with E-state index in [1.807, 2.05) is 0 Å². The molecule has 1 saturated heterocycles. The summed E-state index contributed by atoms with van der Waals surface area (Å²) in [5, 5.41) is 8.69. The number of amides is 1. The quantitative estimate of drug-likeness (QED) is 0.828. The van der Waals surface area contributed by atoms with E-state index in [4.69, 9.17) is 5.11 Å². The summed E-state index contributed by atoms with van der Waals surface area (Å²) in [4.78, 5) is 22.8. The molecule has 1 spiro atoms. The van der Waals surface area contributed by atoms with Crippen LogP contribution in [0.3, 0.4) is 0 Å². The van der Waals surface area contributed by atoms with E-state index in [-0.39, 0.29) is 18.9 Å². The lowest BCUT2D eigenvalue weighted by atomic mass is 9.73. The third-order valence-corrected chi connectivity index (χ3v) is 3.92. The van der Waals surface area contributed by atoms with E-state index in [1.165, 1.54) is 0 Å². The lowest BCUT2D eigenvalue weighted by Crippen LogP contribution is -2.55. The number of nitrogens with zero attached hydrogens (tertiary/aromatic N) is 1. The van der Waals surface area contributed by atoms with Crippen molar-refractivity contribution in [1.29, 1.82) is 0 Å². The monoisotopic (exact) mass is 265 g/mol. The van der Waals surface area contributed by atoms with Gasteiger partial charge in [0.05, 0.1) is 0 Å². The van der Waals surface area contributed by atoms with Gasteiger partial charge >= 0.3 is 18.1 Å². The van der Waals surface area contributed by atoms with Crippen molar-refractivity contribution in [2.24, 2.45) is 5.92 Å². The normalized spacial score (nSPS) is 26.2. The summed E-state index contributed by atoms with van der Waals surface area (Å²) < 4.78 is 37.5. The van der Waals surface area contributed by atoms with Gasteiger partial charge in [-0.15, -0.1) is 0 Å². The molecule has 1 aliphatic carbocycles. The predicted molar refractivity (Wildman–Crippen MR) is 54.7 cm³/mol. The predicted octanol–water partition coefficient (Wildman–Crippen LogP) is 1.79. The second kappa shape index (κ2) is 4.13. The Morgan fingerprint density at radius 2 is 1.94 bits per heavy atom. The number of carbonyl (C=O) groups is 2. The zero-order chi connectivity index (χ0) is 13.6. The Morgan fingerprint density at radius 1 is 1.33 bits per heavy atom. The van der Waals surface area contributed by atoms with E-state index in [9.17, 15) is 22.8 Å². The lowest BCUT2D eigenvalue weighted by molar-refractivity contribution is -0.192. The third-order valence-electron chi connectivity index (χ3n) is 3.92. The van der Waals surface area contributed by atoms with Crippen LogP contribution in [0, 0.1) is 5.92 Å². The van der Waals surface area contributed by atoms with Gasteiger partial charge in [-0.2, -0.15) is 13.2 Å². The highest BCUT2D eigenvalue weighted by Crippen LogP contribution is 2.49. The maximum atomic E-state index is 12.5. The SMILES string of the molecule is O=C(O)CC1CN(C(=O)C(F)(F)F)C2(CCC2)C1. The van der Waals surface area contributed by atoms with Gasteiger partial charge in [0, 0.05) is 18.5 Å². The summed E-state index contributed by atoms with van der Waals surface area (Å²) >= 11 is 0.